The van der Waals surface area contributed by atoms with Crippen molar-refractivity contribution in [3.05, 3.63) is 52.3 Å². The first-order chi connectivity index (χ1) is 8.25. The number of nitrogens with zero attached hydrogens (tertiary/aromatic N) is 2. The average Bonchev–Trinajstić information content (AvgIpc) is 2.68. The van der Waals surface area contributed by atoms with E-state index in [0.29, 0.717) is 5.69 Å². The van der Waals surface area contributed by atoms with Gasteiger partial charge in [0.05, 0.1) is 5.52 Å². The van der Waals surface area contributed by atoms with Crippen LogP contribution in [0.5, 0.6) is 0 Å². The maximum atomic E-state index is 10.6. The number of rotatable bonds is 2. The molecule has 0 aliphatic carbocycles. The van der Waals surface area contributed by atoms with E-state index in [1.807, 2.05) is 30.3 Å². The van der Waals surface area contributed by atoms with Gasteiger partial charge in [0, 0.05) is 27.4 Å². The highest BCUT2D eigenvalue weighted by Crippen LogP contribution is 2.26. The van der Waals surface area contributed by atoms with E-state index in [1.54, 1.807) is 6.20 Å². The highest BCUT2D eigenvalue weighted by atomic mass is 16.6. The number of nitrogens with one attached hydrogen (secondary N) is 1. The van der Waals surface area contributed by atoms with Crippen LogP contribution in [0.4, 0.5) is 0 Å². The van der Waals surface area contributed by atoms with Crippen molar-refractivity contribution in [3.8, 4) is 0 Å². The van der Waals surface area contributed by atoms with Crippen LogP contribution in [0, 0.1) is 10.1 Å². The Morgan fingerprint density at radius 1 is 1.24 bits per heavy atom. The van der Waals surface area contributed by atoms with Crippen molar-refractivity contribution in [3.63, 3.8) is 0 Å². The lowest BCUT2D eigenvalue weighted by Gasteiger charge is -1.96. The minimum atomic E-state index is -0.368. The number of hydrogen-bond donors (Lipinski definition) is 1. The predicted octanol–water partition coefficient (Wildman–Crippen LogP) is 2.49. The van der Waals surface area contributed by atoms with Gasteiger partial charge >= 0.3 is 0 Å². The Kier molecular flexibility index (Phi) is 2.04. The Hall–Kier alpha value is -2.43. The monoisotopic (exact) mass is 227 g/mol. The van der Waals surface area contributed by atoms with Crippen molar-refractivity contribution >= 4 is 21.8 Å². The molecule has 0 spiro atoms. The van der Waals surface area contributed by atoms with E-state index >= 15 is 0 Å². The third-order valence-electron chi connectivity index (χ3n) is 2.79. The lowest BCUT2D eigenvalue weighted by atomic mass is 10.1. The van der Waals surface area contributed by atoms with E-state index in [1.165, 1.54) is 0 Å². The minimum Gasteiger partial charge on any atom is -0.353 e. The molecule has 1 aromatic carbocycles. The molecule has 3 aromatic rings. The highest BCUT2D eigenvalue weighted by molar-refractivity contribution is 6.07. The first-order valence-corrected chi connectivity index (χ1v) is 5.22. The minimum absolute atomic E-state index is 0.260. The van der Waals surface area contributed by atoms with E-state index in [4.69, 9.17) is 0 Å². The van der Waals surface area contributed by atoms with Gasteiger partial charge in [0.15, 0.2) is 0 Å². The van der Waals surface area contributed by atoms with Gasteiger partial charge in [-0.05, 0) is 12.1 Å². The Balaban J connectivity index is 2.35. The Labute approximate surface area is 96.2 Å². The van der Waals surface area contributed by atoms with Gasteiger partial charge in [0.25, 0.3) is 0 Å². The van der Waals surface area contributed by atoms with Crippen LogP contribution in [0.3, 0.4) is 0 Å². The van der Waals surface area contributed by atoms with Crippen LogP contribution in [0.1, 0.15) is 5.69 Å². The smallest absolute Gasteiger partial charge is 0.247 e. The maximum absolute atomic E-state index is 10.6. The molecule has 0 saturated heterocycles. The normalized spacial score (nSPS) is 11.1. The molecule has 1 N–H and O–H groups in total. The highest BCUT2D eigenvalue weighted by Gasteiger charge is 2.12. The summed E-state index contributed by atoms with van der Waals surface area (Å²) >= 11 is 0. The van der Waals surface area contributed by atoms with Gasteiger partial charge in [0.2, 0.25) is 6.54 Å². The van der Waals surface area contributed by atoms with Gasteiger partial charge in [-0.2, -0.15) is 0 Å². The van der Waals surface area contributed by atoms with Crippen LogP contribution >= 0.6 is 0 Å². The van der Waals surface area contributed by atoms with Crippen LogP contribution in [-0.4, -0.2) is 14.9 Å². The maximum Gasteiger partial charge on any atom is 0.247 e. The number of hydrogen-bond acceptors (Lipinski definition) is 3. The number of pyridine rings is 1. The molecule has 0 fully saturated rings. The molecule has 0 aliphatic rings. The van der Waals surface area contributed by atoms with Gasteiger partial charge < -0.3 is 4.98 Å². The molecule has 5 heteroatoms. The zero-order chi connectivity index (χ0) is 11.8. The summed E-state index contributed by atoms with van der Waals surface area (Å²) in [7, 11) is 0. The summed E-state index contributed by atoms with van der Waals surface area (Å²) in [5.41, 5.74) is 2.20. The fourth-order valence-corrected chi connectivity index (χ4v) is 2.07. The molecule has 0 saturated carbocycles. The number of nitro groups is 1. The SMILES string of the molecule is O=[N+]([O-])Cc1nccc2c1[nH]c1ccccc12. The van der Waals surface area contributed by atoms with E-state index in [0.717, 1.165) is 21.8 Å². The lowest BCUT2D eigenvalue weighted by molar-refractivity contribution is -0.497. The van der Waals surface area contributed by atoms with Crippen LogP contribution in [-0.2, 0) is 6.54 Å². The molecule has 84 valence electrons. The summed E-state index contributed by atoms with van der Waals surface area (Å²) in [4.78, 5) is 17.5. The molecule has 0 radical (unpaired) electrons. The summed E-state index contributed by atoms with van der Waals surface area (Å²) in [6.45, 7) is -0.260. The van der Waals surface area contributed by atoms with Crippen molar-refractivity contribution in [2.24, 2.45) is 0 Å². The predicted molar refractivity (Wildman–Crippen MR) is 64.3 cm³/mol. The molecule has 3 rings (SSSR count). The Morgan fingerprint density at radius 2 is 2.06 bits per heavy atom. The summed E-state index contributed by atoms with van der Waals surface area (Å²) in [6.07, 6.45) is 1.61. The first kappa shape index (κ1) is 9.77. The Bertz CT molecular complexity index is 718. The largest absolute Gasteiger partial charge is 0.353 e. The van der Waals surface area contributed by atoms with Crippen molar-refractivity contribution in [2.45, 2.75) is 6.54 Å². The molecular formula is C12H9N3O2. The molecule has 5 nitrogen and oxygen atoms in total. The number of benzene rings is 1. The van der Waals surface area contributed by atoms with Crippen molar-refractivity contribution in [2.75, 3.05) is 0 Å². The van der Waals surface area contributed by atoms with E-state index in [-0.39, 0.29) is 11.5 Å². The molecule has 0 bridgehead atoms. The summed E-state index contributed by atoms with van der Waals surface area (Å²) in [5, 5.41) is 12.6. The van der Waals surface area contributed by atoms with Gasteiger partial charge in [-0.25, -0.2) is 0 Å². The number of fused-ring (bicyclic) bond motifs is 3. The van der Waals surface area contributed by atoms with Gasteiger partial charge in [-0.15, -0.1) is 0 Å². The van der Waals surface area contributed by atoms with Crippen LogP contribution in [0.25, 0.3) is 21.8 Å². The quantitative estimate of drug-likeness (QED) is 0.540. The van der Waals surface area contributed by atoms with Crippen LogP contribution in [0.2, 0.25) is 0 Å². The molecule has 17 heavy (non-hydrogen) atoms. The van der Waals surface area contributed by atoms with Crippen LogP contribution < -0.4 is 0 Å². The second-order valence-corrected chi connectivity index (χ2v) is 3.84. The second kappa shape index (κ2) is 3.55. The molecule has 0 atom stereocenters. The molecule has 2 heterocycles. The molecular weight excluding hydrogens is 218 g/mol. The van der Waals surface area contributed by atoms with E-state index < -0.39 is 0 Å². The third kappa shape index (κ3) is 1.52. The zero-order valence-electron chi connectivity index (χ0n) is 8.88. The van der Waals surface area contributed by atoms with Crippen molar-refractivity contribution in [1.29, 1.82) is 0 Å². The molecule has 0 amide bonds. The van der Waals surface area contributed by atoms with Gasteiger partial charge in [-0.1, -0.05) is 18.2 Å². The number of H-pyrrole nitrogens is 1. The Morgan fingerprint density at radius 3 is 2.88 bits per heavy atom. The van der Waals surface area contributed by atoms with Crippen molar-refractivity contribution in [1.82, 2.24) is 9.97 Å². The fourth-order valence-electron chi connectivity index (χ4n) is 2.07. The average molecular weight is 227 g/mol. The second-order valence-electron chi connectivity index (χ2n) is 3.84. The standard InChI is InChI=1S/C12H9N3O2/c16-15(17)7-11-12-9(5-6-13-11)8-3-1-2-4-10(8)14-12/h1-6,14H,7H2. The topological polar surface area (TPSA) is 71.8 Å². The summed E-state index contributed by atoms with van der Waals surface area (Å²) in [5.74, 6) is 0. The van der Waals surface area contributed by atoms with E-state index in [9.17, 15) is 10.1 Å². The summed E-state index contributed by atoms with van der Waals surface area (Å²) < 4.78 is 0. The molecule has 2 aromatic heterocycles. The number of aromatic amines is 1. The zero-order valence-corrected chi connectivity index (χ0v) is 8.88. The van der Waals surface area contributed by atoms with Gasteiger partial charge in [0.1, 0.15) is 5.69 Å². The van der Waals surface area contributed by atoms with Gasteiger partial charge in [-0.3, -0.25) is 15.1 Å². The van der Waals surface area contributed by atoms with Crippen molar-refractivity contribution < 1.29 is 4.92 Å². The number of aromatic nitrogens is 2. The third-order valence-corrected chi connectivity index (χ3v) is 2.79. The van der Waals surface area contributed by atoms with Crippen LogP contribution in [0.15, 0.2) is 36.5 Å². The molecule has 0 aliphatic heterocycles. The molecule has 0 unspecified atom stereocenters. The lowest BCUT2D eigenvalue weighted by Crippen LogP contribution is -2.01. The first-order valence-electron chi connectivity index (χ1n) is 5.22. The van der Waals surface area contributed by atoms with E-state index in [2.05, 4.69) is 9.97 Å². The summed E-state index contributed by atoms with van der Waals surface area (Å²) in [6, 6.07) is 9.69. The number of para-hydroxylation sites is 1. The fraction of sp³-hybridized carbons (Fsp3) is 0.0833.